The summed E-state index contributed by atoms with van der Waals surface area (Å²) >= 11 is 0. The molecule has 0 aliphatic carbocycles. The standard InChI is InChI=1S/C17H27N7O.C2H6/c1-4-8-24-12-13(11-21-24)15-14(5-2)16(19-3)23-17(22-15)20-7-10-25-9-6-18;1-2/h5,11-12H,2,4,6-10,18H2,1,3H3,(H2,19,20,22,23);1-2H3. The maximum atomic E-state index is 5.40. The summed E-state index contributed by atoms with van der Waals surface area (Å²) in [6.07, 6.45) is 6.59. The van der Waals surface area contributed by atoms with Crippen molar-refractivity contribution in [2.24, 2.45) is 5.73 Å². The van der Waals surface area contributed by atoms with Crippen molar-refractivity contribution in [1.29, 1.82) is 0 Å². The van der Waals surface area contributed by atoms with Crippen LogP contribution in [0.15, 0.2) is 19.0 Å². The summed E-state index contributed by atoms with van der Waals surface area (Å²) in [4.78, 5) is 9.14. The van der Waals surface area contributed by atoms with E-state index >= 15 is 0 Å². The molecule has 8 heteroatoms. The average molecular weight is 376 g/mol. The van der Waals surface area contributed by atoms with Crippen LogP contribution in [0.3, 0.4) is 0 Å². The number of nitrogens with two attached hydrogens (primary N) is 1. The zero-order valence-electron chi connectivity index (χ0n) is 17.0. The van der Waals surface area contributed by atoms with E-state index in [1.807, 2.05) is 38.0 Å². The molecule has 0 atom stereocenters. The molecule has 0 fully saturated rings. The molecule has 0 radical (unpaired) electrons. The fraction of sp³-hybridized carbons (Fsp3) is 0.526. The van der Waals surface area contributed by atoms with Gasteiger partial charge in [0.2, 0.25) is 5.95 Å². The van der Waals surface area contributed by atoms with Crippen LogP contribution >= 0.6 is 0 Å². The zero-order chi connectivity index (χ0) is 20.1. The predicted octanol–water partition coefficient (Wildman–Crippen LogP) is 2.85. The topological polar surface area (TPSA) is 103 Å². The van der Waals surface area contributed by atoms with Gasteiger partial charge in [-0.1, -0.05) is 33.4 Å². The Balaban J connectivity index is 0.00000176. The van der Waals surface area contributed by atoms with Gasteiger partial charge in [-0.15, -0.1) is 0 Å². The summed E-state index contributed by atoms with van der Waals surface area (Å²) < 4.78 is 7.28. The average Bonchev–Trinajstić information content (AvgIpc) is 3.17. The van der Waals surface area contributed by atoms with Crippen LogP contribution in [0, 0.1) is 0 Å². The molecular weight excluding hydrogens is 342 g/mol. The Kier molecular flexibility index (Phi) is 10.7. The van der Waals surface area contributed by atoms with Gasteiger partial charge in [0.15, 0.2) is 0 Å². The van der Waals surface area contributed by atoms with Crippen molar-refractivity contribution in [2.75, 3.05) is 44.0 Å². The van der Waals surface area contributed by atoms with Crippen molar-refractivity contribution < 1.29 is 4.74 Å². The van der Waals surface area contributed by atoms with Crippen LogP contribution in [0.2, 0.25) is 0 Å². The van der Waals surface area contributed by atoms with Crippen LogP contribution in [0.4, 0.5) is 11.8 Å². The molecule has 2 aromatic heterocycles. The van der Waals surface area contributed by atoms with Crippen molar-refractivity contribution in [3.05, 3.63) is 24.5 Å². The van der Waals surface area contributed by atoms with Gasteiger partial charge < -0.3 is 21.1 Å². The zero-order valence-corrected chi connectivity index (χ0v) is 17.0. The Morgan fingerprint density at radius 2 is 2.07 bits per heavy atom. The number of nitrogens with one attached hydrogen (secondary N) is 2. The molecule has 8 nitrogen and oxygen atoms in total. The van der Waals surface area contributed by atoms with E-state index < -0.39 is 0 Å². The lowest BCUT2D eigenvalue weighted by atomic mass is 10.1. The van der Waals surface area contributed by atoms with Crippen molar-refractivity contribution in [3.63, 3.8) is 0 Å². The van der Waals surface area contributed by atoms with Crippen LogP contribution in [0.5, 0.6) is 0 Å². The lowest BCUT2D eigenvalue weighted by molar-refractivity contribution is 0.151. The first-order valence-corrected chi connectivity index (χ1v) is 9.50. The van der Waals surface area contributed by atoms with Crippen molar-refractivity contribution >= 4 is 17.8 Å². The van der Waals surface area contributed by atoms with Crippen molar-refractivity contribution in [1.82, 2.24) is 19.7 Å². The number of rotatable bonds is 11. The molecule has 0 bridgehead atoms. The first kappa shape index (κ1) is 22.6. The summed E-state index contributed by atoms with van der Waals surface area (Å²) in [5.74, 6) is 1.25. The van der Waals surface area contributed by atoms with E-state index in [-0.39, 0.29) is 0 Å². The van der Waals surface area contributed by atoms with E-state index in [0.717, 1.165) is 29.8 Å². The SMILES string of the molecule is C=Cc1c(NC)nc(NCCOCCN)nc1-c1cnn(CCC)c1.CC. The highest BCUT2D eigenvalue weighted by Crippen LogP contribution is 2.28. The molecule has 0 spiro atoms. The predicted molar refractivity (Wildman–Crippen MR) is 113 cm³/mol. The van der Waals surface area contributed by atoms with Crippen LogP contribution in [-0.2, 0) is 11.3 Å². The van der Waals surface area contributed by atoms with Gasteiger partial charge in [-0.25, -0.2) is 4.98 Å². The van der Waals surface area contributed by atoms with Crippen LogP contribution < -0.4 is 16.4 Å². The molecular formula is C19H33N7O. The minimum absolute atomic E-state index is 0.514. The molecule has 0 aliphatic rings. The number of hydrogen-bond donors (Lipinski definition) is 3. The summed E-state index contributed by atoms with van der Waals surface area (Å²) in [6.45, 7) is 13.1. The Morgan fingerprint density at radius 3 is 2.70 bits per heavy atom. The molecule has 0 saturated carbocycles. The van der Waals surface area contributed by atoms with Gasteiger partial charge in [0, 0.05) is 44.0 Å². The Labute approximate surface area is 162 Å². The van der Waals surface area contributed by atoms with Crippen molar-refractivity contribution in [2.45, 2.75) is 33.7 Å². The summed E-state index contributed by atoms with van der Waals surface area (Å²) in [7, 11) is 1.83. The number of nitrogens with zero attached hydrogens (tertiary/aromatic N) is 4. The largest absolute Gasteiger partial charge is 0.378 e. The van der Waals surface area contributed by atoms with Gasteiger partial charge in [-0.05, 0) is 6.42 Å². The van der Waals surface area contributed by atoms with E-state index in [9.17, 15) is 0 Å². The number of hydrogen-bond acceptors (Lipinski definition) is 7. The second-order valence-corrected chi connectivity index (χ2v) is 5.43. The van der Waals surface area contributed by atoms with Gasteiger partial charge >= 0.3 is 0 Å². The van der Waals surface area contributed by atoms with Gasteiger partial charge in [-0.2, -0.15) is 10.1 Å². The Hall–Kier alpha value is -2.45. The van der Waals surface area contributed by atoms with Crippen LogP contribution in [-0.4, -0.2) is 53.1 Å². The Morgan fingerprint density at radius 1 is 1.30 bits per heavy atom. The highest BCUT2D eigenvalue weighted by Gasteiger charge is 2.14. The quantitative estimate of drug-likeness (QED) is 0.519. The molecule has 0 aliphatic heterocycles. The monoisotopic (exact) mass is 375 g/mol. The Bertz CT molecular complexity index is 685. The molecule has 0 unspecified atom stereocenters. The van der Waals surface area contributed by atoms with Crippen LogP contribution in [0.1, 0.15) is 32.8 Å². The third-order valence-electron chi connectivity index (χ3n) is 3.54. The molecule has 2 rings (SSSR count). The molecule has 0 amide bonds. The van der Waals surface area contributed by atoms with Gasteiger partial charge in [0.1, 0.15) is 5.82 Å². The molecule has 0 saturated heterocycles. The first-order chi connectivity index (χ1) is 13.2. The van der Waals surface area contributed by atoms with Crippen LogP contribution in [0.25, 0.3) is 17.3 Å². The third kappa shape index (κ3) is 6.65. The number of aryl methyl sites for hydroxylation is 1. The molecule has 4 N–H and O–H groups in total. The highest BCUT2D eigenvalue weighted by molar-refractivity contribution is 5.78. The first-order valence-electron chi connectivity index (χ1n) is 9.50. The minimum atomic E-state index is 0.514. The fourth-order valence-corrected chi connectivity index (χ4v) is 2.41. The summed E-state index contributed by atoms with van der Waals surface area (Å²) in [6, 6.07) is 0. The highest BCUT2D eigenvalue weighted by atomic mass is 16.5. The van der Waals surface area contributed by atoms with Gasteiger partial charge in [0.25, 0.3) is 0 Å². The second-order valence-electron chi connectivity index (χ2n) is 5.43. The number of ether oxygens (including phenoxy) is 1. The van der Waals surface area contributed by atoms with E-state index in [4.69, 9.17) is 10.5 Å². The lowest BCUT2D eigenvalue weighted by Crippen LogP contribution is -2.16. The lowest BCUT2D eigenvalue weighted by Gasteiger charge is -2.13. The van der Waals surface area contributed by atoms with E-state index in [2.05, 4.69) is 39.2 Å². The maximum Gasteiger partial charge on any atom is 0.225 e. The summed E-state index contributed by atoms with van der Waals surface area (Å²) in [5.41, 5.74) is 7.98. The third-order valence-corrected chi connectivity index (χ3v) is 3.54. The minimum Gasteiger partial charge on any atom is -0.378 e. The molecule has 2 aromatic rings. The van der Waals surface area contributed by atoms with E-state index in [1.54, 1.807) is 6.08 Å². The molecule has 27 heavy (non-hydrogen) atoms. The van der Waals surface area contributed by atoms with Crippen molar-refractivity contribution in [3.8, 4) is 11.3 Å². The van der Waals surface area contributed by atoms with E-state index in [0.29, 0.717) is 38.1 Å². The summed E-state index contributed by atoms with van der Waals surface area (Å²) in [5, 5.41) is 10.7. The number of aromatic nitrogens is 4. The molecule has 2 heterocycles. The molecule has 0 aromatic carbocycles. The second kappa shape index (κ2) is 12.8. The smallest absolute Gasteiger partial charge is 0.225 e. The van der Waals surface area contributed by atoms with Gasteiger partial charge in [-0.3, -0.25) is 4.68 Å². The maximum absolute atomic E-state index is 5.40. The van der Waals surface area contributed by atoms with Gasteiger partial charge in [0.05, 0.1) is 25.1 Å². The molecule has 150 valence electrons. The van der Waals surface area contributed by atoms with E-state index in [1.165, 1.54) is 0 Å². The fourth-order valence-electron chi connectivity index (χ4n) is 2.41. The normalized spacial score (nSPS) is 10.1. The number of anilines is 2.